The van der Waals surface area contributed by atoms with Crippen molar-refractivity contribution in [3.63, 3.8) is 0 Å². The molecule has 1 atom stereocenters. The third-order valence-corrected chi connectivity index (χ3v) is 4.59. The number of ether oxygens (including phenoxy) is 3. The van der Waals surface area contributed by atoms with Gasteiger partial charge in [0.05, 0.1) is 7.11 Å². The maximum atomic E-state index is 11.7. The molecule has 2 rings (SSSR count). The van der Waals surface area contributed by atoms with Gasteiger partial charge in [-0.1, -0.05) is 0 Å². The topological polar surface area (TPSA) is 73.9 Å². The van der Waals surface area contributed by atoms with Crippen molar-refractivity contribution < 1.29 is 23.8 Å². The number of carbonyl (C=O) groups excluding carboxylic acids is 2. The molecule has 0 bridgehead atoms. The number of esters is 1. The van der Waals surface area contributed by atoms with Gasteiger partial charge in [0.2, 0.25) is 0 Å². The largest absolute Gasteiger partial charge is 0.467 e. The summed E-state index contributed by atoms with van der Waals surface area (Å²) < 4.78 is 15.3. The highest BCUT2D eigenvalue weighted by Crippen LogP contribution is 2.59. The zero-order chi connectivity index (χ0) is 16.5. The SMILES string of the molecule is COC(=O)C(OC)C1CC2(CC(NC(=O)OC(C)(C)C)C2)C1. The molecule has 1 unspecified atom stereocenters. The van der Waals surface area contributed by atoms with Crippen LogP contribution < -0.4 is 5.32 Å². The first kappa shape index (κ1) is 17.1. The molecule has 22 heavy (non-hydrogen) atoms. The number of carbonyl (C=O) groups is 2. The van der Waals surface area contributed by atoms with Crippen molar-refractivity contribution in [2.24, 2.45) is 11.3 Å². The van der Waals surface area contributed by atoms with Gasteiger partial charge in [0.25, 0.3) is 0 Å². The standard InChI is InChI=1S/C16H27NO5/c1-15(2,3)22-14(19)17-11-8-16(9-11)6-10(7-16)12(20-4)13(18)21-5/h10-12H,6-9H2,1-5H3,(H,17,19). The number of methoxy groups -OCH3 is 2. The van der Waals surface area contributed by atoms with Crippen LogP contribution in [0, 0.1) is 11.3 Å². The van der Waals surface area contributed by atoms with E-state index in [4.69, 9.17) is 14.2 Å². The summed E-state index contributed by atoms with van der Waals surface area (Å²) in [5.74, 6) is -0.0787. The molecular weight excluding hydrogens is 286 g/mol. The average Bonchev–Trinajstić information content (AvgIpc) is 2.30. The Labute approximate surface area is 131 Å². The van der Waals surface area contributed by atoms with E-state index in [-0.39, 0.29) is 29.4 Å². The molecule has 2 saturated carbocycles. The molecular formula is C16H27NO5. The normalized spacial score (nSPS) is 31.7. The first-order chi connectivity index (χ1) is 10.2. The Morgan fingerprint density at radius 1 is 1.14 bits per heavy atom. The molecule has 6 heteroatoms. The van der Waals surface area contributed by atoms with Gasteiger partial charge in [-0.15, -0.1) is 0 Å². The third kappa shape index (κ3) is 3.72. The predicted molar refractivity (Wildman–Crippen MR) is 80.4 cm³/mol. The van der Waals surface area contributed by atoms with Crippen molar-refractivity contribution in [2.45, 2.75) is 64.2 Å². The summed E-state index contributed by atoms with van der Waals surface area (Å²) in [6.45, 7) is 5.55. The zero-order valence-electron chi connectivity index (χ0n) is 14.1. The van der Waals surface area contributed by atoms with Gasteiger partial charge in [0.15, 0.2) is 6.10 Å². The Kier molecular flexibility index (Phi) is 4.70. The van der Waals surface area contributed by atoms with Crippen molar-refractivity contribution in [1.29, 1.82) is 0 Å². The number of alkyl carbamates (subject to hydrolysis) is 1. The van der Waals surface area contributed by atoms with Gasteiger partial charge < -0.3 is 19.5 Å². The Hall–Kier alpha value is -1.30. The molecule has 0 aromatic heterocycles. The van der Waals surface area contributed by atoms with Crippen LogP contribution in [0.3, 0.4) is 0 Å². The summed E-state index contributed by atoms with van der Waals surface area (Å²) in [7, 11) is 2.92. The zero-order valence-corrected chi connectivity index (χ0v) is 14.1. The van der Waals surface area contributed by atoms with Crippen LogP contribution in [-0.2, 0) is 19.0 Å². The number of rotatable bonds is 4. The van der Waals surface area contributed by atoms with Crippen LogP contribution >= 0.6 is 0 Å². The second-order valence-electron chi connectivity index (χ2n) is 7.60. The highest BCUT2D eigenvalue weighted by Gasteiger charge is 2.56. The molecule has 2 aliphatic carbocycles. The summed E-state index contributed by atoms with van der Waals surface area (Å²) in [5, 5.41) is 2.90. The fourth-order valence-corrected chi connectivity index (χ4v) is 3.76. The van der Waals surface area contributed by atoms with Gasteiger partial charge in [-0.3, -0.25) is 0 Å². The summed E-state index contributed by atoms with van der Waals surface area (Å²) in [4.78, 5) is 23.3. The van der Waals surface area contributed by atoms with E-state index in [0.29, 0.717) is 0 Å². The predicted octanol–water partition coefficient (Wildman–Crippen LogP) is 2.26. The van der Waals surface area contributed by atoms with E-state index in [9.17, 15) is 9.59 Å². The average molecular weight is 313 g/mol. The number of hydrogen-bond donors (Lipinski definition) is 1. The molecule has 1 spiro atoms. The summed E-state index contributed by atoms with van der Waals surface area (Å²) in [6, 6.07) is 0.176. The monoisotopic (exact) mass is 313 g/mol. The molecule has 0 aromatic rings. The van der Waals surface area contributed by atoms with Gasteiger partial charge in [0, 0.05) is 13.2 Å². The maximum absolute atomic E-state index is 11.7. The Morgan fingerprint density at radius 3 is 2.18 bits per heavy atom. The molecule has 1 N–H and O–H groups in total. The summed E-state index contributed by atoms with van der Waals surface area (Å²) in [6.07, 6.45) is 2.97. The lowest BCUT2D eigenvalue weighted by molar-refractivity contribution is -0.167. The summed E-state index contributed by atoms with van der Waals surface area (Å²) in [5.41, 5.74) is -0.214. The highest BCUT2D eigenvalue weighted by atomic mass is 16.6. The molecule has 0 heterocycles. The van der Waals surface area contributed by atoms with Crippen molar-refractivity contribution in [3.8, 4) is 0 Å². The van der Waals surface area contributed by atoms with Crippen molar-refractivity contribution >= 4 is 12.1 Å². The molecule has 6 nitrogen and oxygen atoms in total. The van der Waals surface area contributed by atoms with Crippen LogP contribution in [-0.4, -0.2) is 44.0 Å². The van der Waals surface area contributed by atoms with Crippen LogP contribution in [0.15, 0.2) is 0 Å². The lowest BCUT2D eigenvalue weighted by atomic mass is 9.49. The maximum Gasteiger partial charge on any atom is 0.407 e. The van der Waals surface area contributed by atoms with Crippen molar-refractivity contribution in [2.75, 3.05) is 14.2 Å². The molecule has 0 radical (unpaired) electrons. The molecule has 0 aliphatic heterocycles. The van der Waals surface area contributed by atoms with E-state index in [2.05, 4.69) is 5.32 Å². The smallest absolute Gasteiger partial charge is 0.407 e. The molecule has 0 aromatic carbocycles. The number of hydrogen-bond acceptors (Lipinski definition) is 5. The third-order valence-electron chi connectivity index (χ3n) is 4.59. The summed E-state index contributed by atoms with van der Waals surface area (Å²) >= 11 is 0. The van der Waals surface area contributed by atoms with Crippen LogP contribution in [0.1, 0.15) is 46.5 Å². The minimum absolute atomic E-state index is 0.176. The molecule has 1 amide bonds. The van der Waals surface area contributed by atoms with Gasteiger partial charge in [0.1, 0.15) is 5.60 Å². The molecule has 2 fully saturated rings. The van der Waals surface area contributed by atoms with Crippen LogP contribution in [0.25, 0.3) is 0 Å². The Bertz CT molecular complexity index is 428. The molecule has 2 aliphatic rings. The fourth-order valence-electron chi connectivity index (χ4n) is 3.76. The Balaban J connectivity index is 1.72. The fraction of sp³-hybridized carbons (Fsp3) is 0.875. The van der Waals surface area contributed by atoms with Crippen LogP contribution in [0.2, 0.25) is 0 Å². The van der Waals surface area contributed by atoms with E-state index >= 15 is 0 Å². The van der Waals surface area contributed by atoms with Gasteiger partial charge in [-0.2, -0.15) is 0 Å². The lowest BCUT2D eigenvalue weighted by Gasteiger charge is -2.58. The number of amides is 1. The van der Waals surface area contributed by atoms with E-state index in [1.54, 1.807) is 7.11 Å². The van der Waals surface area contributed by atoms with Gasteiger partial charge >= 0.3 is 12.1 Å². The first-order valence-corrected chi connectivity index (χ1v) is 7.78. The van der Waals surface area contributed by atoms with E-state index < -0.39 is 11.7 Å². The highest BCUT2D eigenvalue weighted by molar-refractivity contribution is 5.75. The minimum Gasteiger partial charge on any atom is -0.467 e. The van der Waals surface area contributed by atoms with Crippen molar-refractivity contribution in [1.82, 2.24) is 5.32 Å². The Morgan fingerprint density at radius 2 is 1.73 bits per heavy atom. The van der Waals surface area contributed by atoms with Gasteiger partial charge in [-0.25, -0.2) is 9.59 Å². The van der Waals surface area contributed by atoms with Gasteiger partial charge in [-0.05, 0) is 57.8 Å². The second kappa shape index (κ2) is 6.07. The number of nitrogens with one attached hydrogen (secondary N) is 1. The van der Waals surface area contributed by atoms with E-state index in [1.807, 2.05) is 20.8 Å². The van der Waals surface area contributed by atoms with Crippen LogP contribution in [0.4, 0.5) is 4.79 Å². The van der Waals surface area contributed by atoms with E-state index in [1.165, 1.54) is 7.11 Å². The second-order valence-corrected chi connectivity index (χ2v) is 7.60. The van der Waals surface area contributed by atoms with E-state index in [0.717, 1.165) is 25.7 Å². The van der Waals surface area contributed by atoms with Crippen molar-refractivity contribution in [3.05, 3.63) is 0 Å². The molecule has 0 saturated heterocycles. The molecule has 126 valence electrons. The minimum atomic E-state index is -0.473. The van der Waals surface area contributed by atoms with Crippen LogP contribution in [0.5, 0.6) is 0 Å². The lowest BCUT2D eigenvalue weighted by Crippen LogP contribution is -2.59. The quantitative estimate of drug-likeness (QED) is 0.806. The first-order valence-electron chi connectivity index (χ1n) is 7.78.